The Morgan fingerprint density at radius 2 is 2.00 bits per heavy atom. The van der Waals surface area contributed by atoms with E-state index in [9.17, 15) is 9.59 Å². The number of likely N-dealkylation sites (tertiary alicyclic amines) is 2. The standard InChI is InChI=1S/C16H21N3O4/c1-22-11-4-2-5-12(8-11)23-13-9-18(10-13)15(20)14-6-3-7-19(14)16(17)21/h2,4-5,8,13-14H,3,6-7,9-10H2,1H3,(H2,17,21)/t14-/m0/s1. The molecule has 2 heterocycles. The number of rotatable bonds is 4. The van der Waals surface area contributed by atoms with Crippen LogP contribution in [0.1, 0.15) is 12.8 Å². The van der Waals surface area contributed by atoms with Crippen LogP contribution in [0.4, 0.5) is 4.79 Å². The number of nitrogens with two attached hydrogens (primary N) is 1. The number of hydrogen-bond acceptors (Lipinski definition) is 4. The first-order chi connectivity index (χ1) is 11.1. The van der Waals surface area contributed by atoms with E-state index < -0.39 is 12.1 Å². The van der Waals surface area contributed by atoms with Crippen LogP contribution in [0.2, 0.25) is 0 Å². The van der Waals surface area contributed by atoms with Crippen LogP contribution in [-0.4, -0.2) is 60.6 Å². The zero-order chi connectivity index (χ0) is 16.4. The summed E-state index contributed by atoms with van der Waals surface area (Å²) in [6, 6.07) is 6.45. The minimum Gasteiger partial charge on any atom is -0.497 e. The molecule has 7 nitrogen and oxygen atoms in total. The van der Waals surface area contributed by atoms with E-state index in [2.05, 4.69) is 0 Å². The lowest BCUT2D eigenvalue weighted by Gasteiger charge is -2.41. The van der Waals surface area contributed by atoms with E-state index in [-0.39, 0.29) is 12.0 Å². The van der Waals surface area contributed by atoms with E-state index in [1.807, 2.05) is 24.3 Å². The van der Waals surface area contributed by atoms with Crippen molar-refractivity contribution in [3.8, 4) is 11.5 Å². The van der Waals surface area contributed by atoms with E-state index in [0.717, 1.165) is 17.9 Å². The number of carbonyl (C=O) groups is 2. The molecule has 1 aromatic rings. The Kier molecular flexibility index (Phi) is 4.27. The van der Waals surface area contributed by atoms with E-state index >= 15 is 0 Å². The van der Waals surface area contributed by atoms with Gasteiger partial charge in [-0.3, -0.25) is 4.79 Å². The summed E-state index contributed by atoms with van der Waals surface area (Å²) in [5.41, 5.74) is 5.32. The Bertz CT molecular complexity index is 601. The molecule has 0 unspecified atom stereocenters. The van der Waals surface area contributed by atoms with Crippen molar-refractivity contribution in [1.82, 2.24) is 9.80 Å². The minimum atomic E-state index is -0.523. The average molecular weight is 319 g/mol. The first kappa shape index (κ1) is 15.5. The van der Waals surface area contributed by atoms with Gasteiger partial charge in [-0.05, 0) is 25.0 Å². The fourth-order valence-electron chi connectivity index (χ4n) is 3.06. The third-order valence-corrected chi connectivity index (χ3v) is 4.32. The molecule has 2 fully saturated rings. The lowest BCUT2D eigenvalue weighted by atomic mass is 10.1. The zero-order valence-electron chi connectivity index (χ0n) is 13.1. The second kappa shape index (κ2) is 6.36. The molecular formula is C16H21N3O4. The monoisotopic (exact) mass is 319 g/mol. The van der Waals surface area contributed by atoms with E-state index in [1.165, 1.54) is 4.90 Å². The molecule has 2 N–H and O–H groups in total. The predicted octanol–water partition coefficient (Wildman–Crippen LogP) is 0.828. The molecule has 2 aliphatic rings. The maximum Gasteiger partial charge on any atom is 0.315 e. The number of ether oxygens (including phenoxy) is 2. The molecule has 1 aromatic carbocycles. The number of hydrogen-bond donors (Lipinski definition) is 1. The largest absolute Gasteiger partial charge is 0.497 e. The summed E-state index contributed by atoms with van der Waals surface area (Å²) in [5, 5.41) is 0. The third kappa shape index (κ3) is 3.18. The van der Waals surface area contributed by atoms with Crippen LogP contribution in [0.5, 0.6) is 11.5 Å². The number of amides is 3. The summed E-state index contributed by atoms with van der Waals surface area (Å²) in [4.78, 5) is 27.0. The quantitative estimate of drug-likeness (QED) is 0.890. The maximum atomic E-state index is 12.4. The highest BCUT2D eigenvalue weighted by molar-refractivity contribution is 5.87. The summed E-state index contributed by atoms with van der Waals surface area (Å²) < 4.78 is 11.0. The first-order valence-electron chi connectivity index (χ1n) is 7.74. The molecule has 0 spiro atoms. The molecule has 0 radical (unpaired) electrons. The Morgan fingerprint density at radius 1 is 1.26 bits per heavy atom. The molecule has 1 atom stereocenters. The topological polar surface area (TPSA) is 85.1 Å². The fraction of sp³-hybridized carbons (Fsp3) is 0.500. The number of urea groups is 1. The molecule has 2 aliphatic heterocycles. The molecule has 23 heavy (non-hydrogen) atoms. The molecule has 0 saturated carbocycles. The van der Waals surface area contributed by atoms with Gasteiger partial charge in [-0.15, -0.1) is 0 Å². The summed E-state index contributed by atoms with van der Waals surface area (Å²) in [7, 11) is 1.61. The fourth-order valence-corrected chi connectivity index (χ4v) is 3.06. The number of primary amides is 1. The van der Waals surface area contributed by atoms with Crippen molar-refractivity contribution in [2.45, 2.75) is 25.0 Å². The molecular weight excluding hydrogens is 298 g/mol. The first-order valence-corrected chi connectivity index (χ1v) is 7.74. The Labute approximate surface area is 134 Å². The van der Waals surface area contributed by atoms with Crippen molar-refractivity contribution in [1.29, 1.82) is 0 Å². The lowest BCUT2D eigenvalue weighted by molar-refractivity contribution is -0.144. The van der Waals surface area contributed by atoms with Crippen molar-refractivity contribution in [3.63, 3.8) is 0 Å². The van der Waals surface area contributed by atoms with Gasteiger partial charge in [-0.25, -0.2) is 4.79 Å². The van der Waals surface area contributed by atoms with Crippen LogP contribution in [0, 0.1) is 0 Å². The van der Waals surface area contributed by atoms with Gasteiger partial charge >= 0.3 is 6.03 Å². The van der Waals surface area contributed by atoms with Crippen LogP contribution in [0.3, 0.4) is 0 Å². The number of benzene rings is 1. The van der Waals surface area contributed by atoms with Gasteiger partial charge in [0, 0.05) is 12.6 Å². The number of carbonyl (C=O) groups excluding carboxylic acids is 2. The van der Waals surface area contributed by atoms with Crippen molar-refractivity contribution in [2.24, 2.45) is 5.73 Å². The number of nitrogens with zero attached hydrogens (tertiary/aromatic N) is 2. The summed E-state index contributed by atoms with van der Waals surface area (Å²) in [6.07, 6.45) is 1.46. The Hall–Kier alpha value is -2.44. The van der Waals surface area contributed by atoms with Crippen molar-refractivity contribution >= 4 is 11.9 Å². The van der Waals surface area contributed by atoms with Gasteiger partial charge in [0.1, 0.15) is 23.6 Å². The van der Waals surface area contributed by atoms with Crippen LogP contribution >= 0.6 is 0 Å². The molecule has 124 valence electrons. The molecule has 3 rings (SSSR count). The second-order valence-electron chi connectivity index (χ2n) is 5.85. The van der Waals surface area contributed by atoms with Crippen LogP contribution in [-0.2, 0) is 4.79 Å². The van der Waals surface area contributed by atoms with Gasteiger partial charge in [0.05, 0.1) is 20.2 Å². The smallest absolute Gasteiger partial charge is 0.315 e. The van der Waals surface area contributed by atoms with Crippen molar-refractivity contribution < 1.29 is 19.1 Å². The number of methoxy groups -OCH3 is 1. The highest BCUT2D eigenvalue weighted by Gasteiger charge is 2.40. The molecule has 7 heteroatoms. The minimum absolute atomic E-state index is 0.0329. The van der Waals surface area contributed by atoms with E-state index in [0.29, 0.717) is 26.1 Å². The highest BCUT2D eigenvalue weighted by atomic mass is 16.5. The molecule has 2 saturated heterocycles. The normalized spacial score (nSPS) is 21.0. The SMILES string of the molecule is COc1cccc(OC2CN(C(=O)[C@@H]3CCCN3C(N)=O)C2)c1. The van der Waals surface area contributed by atoms with E-state index in [4.69, 9.17) is 15.2 Å². The average Bonchev–Trinajstić information content (AvgIpc) is 3.00. The summed E-state index contributed by atoms with van der Waals surface area (Å²) in [6.45, 7) is 1.61. The predicted molar refractivity (Wildman–Crippen MR) is 83.3 cm³/mol. The van der Waals surface area contributed by atoms with Gasteiger partial charge in [-0.2, -0.15) is 0 Å². The third-order valence-electron chi connectivity index (χ3n) is 4.32. The van der Waals surface area contributed by atoms with Crippen LogP contribution in [0.25, 0.3) is 0 Å². The summed E-state index contributed by atoms with van der Waals surface area (Å²) in [5.74, 6) is 1.42. The Balaban J connectivity index is 1.52. The molecule has 0 aliphatic carbocycles. The molecule has 3 amide bonds. The Morgan fingerprint density at radius 3 is 2.70 bits per heavy atom. The van der Waals surface area contributed by atoms with Crippen LogP contribution in [0.15, 0.2) is 24.3 Å². The van der Waals surface area contributed by atoms with Gasteiger partial charge in [0.2, 0.25) is 5.91 Å². The molecule has 0 bridgehead atoms. The van der Waals surface area contributed by atoms with Crippen LogP contribution < -0.4 is 15.2 Å². The van der Waals surface area contributed by atoms with Gasteiger partial charge in [-0.1, -0.05) is 6.07 Å². The highest BCUT2D eigenvalue weighted by Crippen LogP contribution is 2.25. The molecule has 0 aromatic heterocycles. The second-order valence-corrected chi connectivity index (χ2v) is 5.85. The van der Waals surface area contributed by atoms with Gasteiger partial charge < -0.3 is 25.0 Å². The van der Waals surface area contributed by atoms with Gasteiger partial charge in [0.15, 0.2) is 0 Å². The lowest BCUT2D eigenvalue weighted by Crippen LogP contribution is -2.60. The van der Waals surface area contributed by atoms with Crippen molar-refractivity contribution in [3.05, 3.63) is 24.3 Å². The summed E-state index contributed by atoms with van der Waals surface area (Å²) >= 11 is 0. The maximum absolute atomic E-state index is 12.4. The van der Waals surface area contributed by atoms with E-state index in [1.54, 1.807) is 12.0 Å². The zero-order valence-corrected chi connectivity index (χ0v) is 13.1. The van der Waals surface area contributed by atoms with Crippen molar-refractivity contribution in [2.75, 3.05) is 26.7 Å². The van der Waals surface area contributed by atoms with Gasteiger partial charge in [0.25, 0.3) is 0 Å².